The van der Waals surface area contributed by atoms with Crippen LogP contribution in [-0.2, 0) is 24.0 Å². The predicted octanol–water partition coefficient (Wildman–Crippen LogP) is -4.66. The molecule has 1 rings (SSSR count). The van der Waals surface area contributed by atoms with E-state index in [-0.39, 0.29) is 57.2 Å². The van der Waals surface area contributed by atoms with Gasteiger partial charge >= 0.3 is 5.97 Å². The van der Waals surface area contributed by atoms with Crippen molar-refractivity contribution in [3.05, 3.63) is 0 Å². The fraction of sp³-hybridized carbons (Fsp3) is 0.667. The van der Waals surface area contributed by atoms with Crippen molar-refractivity contribution >= 4 is 41.5 Å². The third-order valence-electron chi connectivity index (χ3n) is 5.72. The van der Waals surface area contributed by atoms with Crippen molar-refractivity contribution in [3.8, 4) is 0 Å². The molecule has 4 unspecified atom stereocenters. The lowest BCUT2D eigenvalue weighted by atomic mass is 10.1. The molecule has 0 aliphatic carbocycles. The molecule has 0 spiro atoms. The van der Waals surface area contributed by atoms with Crippen LogP contribution in [0.4, 0.5) is 0 Å². The lowest BCUT2D eigenvalue weighted by molar-refractivity contribution is -0.149. The molecule has 38 heavy (non-hydrogen) atoms. The molecule has 0 aromatic carbocycles. The van der Waals surface area contributed by atoms with E-state index in [1.807, 2.05) is 0 Å². The van der Waals surface area contributed by atoms with Gasteiger partial charge in [-0.15, -0.1) is 0 Å². The number of nitrogens with two attached hydrogens (primary N) is 6. The number of aliphatic carboxylic acids is 1. The zero-order valence-corrected chi connectivity index (χ0v) is 21.2. The maximum absolute atomic E-state index is 13.3. The molecule has 1 aliphatic heterocycles. The average molecular weight is 542 g/mol. The van der Waals surface area contributed by atoms with Gasteiger partial charge in [-0.2, -0.15) is 0 Å². The first-order valence-corrected chi connectivity index (χ1v) is 12.1. The van der Waals surface area contributed by atoms with Crippen LogP contribution in [-0.4, -0.2) is 95.3 Å². The summed E-state index contributed by atoms with van der Waals surface area (Å²) >= 11 is 0. The molecule has 17 nitrogen and oxygen atoms in total. The molecule has 4 atom stereocenters. The van der Waals surface area contributed by atoms with Crippen molar-refractivity contribution in [3.63, 3.8) is 0 Å². The van der Waals surface area contributed by atoms with Crippen molar-refractivity contribution in [2.45, 2.75) is 69.1 Å². The summed E-state index contributed by atoms with van der Waals surface area (Å²) in [4.78, 5) is 70.7. The Bertz CT molecular complexity index is 917. The summed E-state index contributed by atoms with van der Waals surface area (Å²) in [5.41, 5.74) is 32.1. The second kappa shape index (κ2) is 15.9. The summed E-state index contributed by atoms with van der Waals surface area (Å²) in [7, 11) is 0. The number of aliphatic imine (C=N–C) groups is 2. The average Bonchev–Trinajstić information content (AvgIpc) is 3.31. The Hall–Kier alpha value is -4.15. The molecule has 0 aromatic rings. The van der Waals surface area contributed by atoms with Crippen molar-refractivity contribution in [2.24, 2.45) is 44.4 Å². The van der Waals surface area contributed by atoms with E-state index >= 15 is 0 Å². The van der Waals surface area contributed by atoms with Gasteiger partial charge in [0, 0.05) is 19.6 Å². The summed E-state index contributed by atoms with van der Waals surface area (Å²) in [5.74, 6) is -4.33. The number of carboxylic acid groups (broad SMARTS) is 1. The quantitative estimate of drug-likeness (QED) is 0.0508. The van der Waals surface area contributed by atoms with Gasteiger partial charge in [-0.3, -0.25) is 29.2 Å². The summed E-state index contributed by atoms with van der Waals surface area (Å²) in [6.45, 7) is 0.548. The molecule has 214 valence electrons. The zero-order valence-electron chi connectivity index (χ0n) is 21.2. The maximum atomic E-state index is 13.3. The smallest absolute Gasteiger partial charge is 0.326 e. The second-order valence-corrected chi connectivity index (χ2v) is 8.82. The van der Waals surface area contributed by atoms with E-state index in [1.165, 1.54) is 4.90 Å². The summed E-state index contributed by atoms with van der Waals surface area (Å²) in [6.07, 6.45) is 1.08. The lowest BCUT2D eigenvalue weighted by Gasteiger charge is -2.29. The number of likely N-dealkylation sites (tertiary alicyclic amines) is 1. The van der Waals surface area contributed by atoms with Crippen LogP contribution in [0.3, 0.4) is 0 Å². The molecule has 1 fully saturated rings. The molecule has 0 bridgehead atoms. The molecule has 15 N–H and O–H groups in total. The monoisotopic (exact) mass is 541 g/mol. The van der Waals surface area contributed by atoms with E-state index < -0.39 is 60.2 Å². The Morgan fingerprint density at radius 3 is 1.89 bits per heavy atom. The van der Waals surface area contributed by atoms with Gasteiger partial charge in [0.15, 0.2) is 11.9 Å². The van der Waals surface area contributed by atoms with Crippen molar-refractivity contribution in [1.82, 2.24) is 15.5 Å². The van der Waals surface area contributed by atoms with Gasteiger partial charge < -0.3 is 55.0 Å². The highest BCUT2D eigenvalue weighted by atomic mass is 16.4. The minimum Gasteiger partial charge on any atom is -0.480 e. The molecule has 4 amide bonds. The molecule has 1 saturated heterocycles. The number of nitrogens with zero attached hydrogens (tertiary/aromatic N) is 3. The Labute approximate surface area is 219 Å². The first-order chi connectivity index (χ1) is 17.8. The van der Waals surface area contributed by atoms with E-state index in [0.717, 1.165) is 0 Å². The maximum Gasteiger partial charge on any atom is 0.326 e. The molecule has 1 heterocycles. The highest BCUT2D eigenvalue weighted by molar-refractivity contribution is 5.95. The largest absolute Gasteiger partial charge is 0.480 e. The van der Waals surface area contributed by atoms with Gasteiger partial charge in [0.1, 0.15) is 18.1 Å². The standard InChI is InChI=1S/C21H39N11O6/c22-11(10-15(23)33)16(34)30-12(4-1-7-28-20(24)25)17(35)31-13(5-2-8-29-21(26)27)18(36)32-9-3-6-14(32)19(37)38/h11-14H,1-10,22H2,(H2,23,33)(H,30,34)(H,31,35)(H,37,38)(H4,24,25,28)(H4,26,27,29). The fourth-order valence-corrected chi connectivity index (χ4v) is 3.88. The van der Waals surface area contributed by atoms with E-state index in [9.17, 15) is 29.1 Å². The molecular formula is C21H39N11O6. The van der Waals surface area contributed by atoms with Crippen LogP contribution in [0.15, 0.2) is 9.98 Å². The minimum absolute atomic E-state index is 0.0635. The van der Waals surface area contributed by atoms with Crippen LogP contribution >= 0.6 is 0 Å². The number of carboxylic acids is 1. The number of hydrogen-bond donors (Lipinski definition) is 9. The summed E-state index contributed by atoms with van der Waals surface area (Å²) in [6, 6.07) is -4.59. The number of primary amides is 1. The molecule has 0 aromatic heterocycles. The number of nitrogens with one attached hydrogen (secondary N) is 2. The minimum atomic E-state index is -1.29. The first-order valence-electron chi connectivity index (χ1n) is 12.1. The van der Waals surface area contributed by atoms with E-state index in [2.05, 4.69) is 20.6 Å². The van der Waals surface area contributed by atoms with Gasteiger partial charge in [-0.25, -0.2) is 4.79 Å². The van der Waals surface area contributed by atoms with E-state index in [1.54, 1.807) is 0 Å². The third kappa shape index (κ3) is 11.3. The number of carbonyl (C=O) groups excluding carboxylic acids is 4. The molecular weight excluding hydrogens is 502 g/mol. The topological polar surface area (TPSA) is 314 Å². The van der Waals surface area contributed by atoms with Gasteiger partial charge in [0.2, 0.25) is 23.6 Å². The van der Waals surface area contributed by atoms with E-state index in [4.69, 9.17) is 34.4 Å². The SMILES string of the molecule is NC(=O)CC(N)C(=O)NC(CCCN=C(N)N)C(=O)NC(CCCN=C(N)N)C(=O)N1CCCC1C(=O)O. The van der Waals surface area contributed by atoms with Crippen molar-refractivity contribution in [1.29, 1.82) is 0 Å². The number of guanidine groups is 2. The van der Waals surface area contributed by atoms with Crippen molar-refractivity contribution in [2.75, 3.05) is 19.6 Å². The van der Waals surface area contributed by atoms with Gasteiger partial charge in [-0.1, -0.05) is 0 Å². The van der Waals surface area contributed by atoms with Crippen LogP contribution in [0.1, 0.15) is 44.9 Å². The summed E-state index contributed by atoms with van der Waals surface area (Å²) in [5, 5.41) is 14.6. The number of carbonyl (C=O) groups is 5. The van der Waals surface area contributed by atoms with Gasteiger partial charge in [-0.05, 0) is 38.5 Å². The number of rotatable bonds is 16. The van der Waals surface area contributed by atoms with Crippen LogP contribution < -0.4 is 45.0 Å². The molecule has 17 heteroatoms. The molecule has 0 radical (unpaired) electrons. The van der Waals surface area contributed by atoms with Crippen LogP contribution in [0.25, 0.3) is 0 Å². The number of amides is 4. The molecule has 0 saturated carbocycles. The Kier molecular flexibility index (Phi) is 13.3. The normalized spacial score (nSPS) is 17.0. The van der Waals surface area contributed by atoms with Crippen LogP contribution in [0.5, 0.6) is 0 Å². The fourth-order valence-electron chi connectivity index (χ4n) is 3.88. The van der Waals surface area contributed by atoms with Crippen LogP contribution in [0.2, 0.25) is 0 Å². The lowest BCUT2D eigenvalue weighted by Crippen LogP contribution is -2.57. The number of hydrogen-bond acceptors (Lipinski definition) is 8. The van der Waals surface area contributed by atoms with Gasteiger partial charge in [0.05, 0.1) is 12.5 Å². The van der Waals surface area contributed by atoms with Crippen molar-refractivity contribution < 1.29 is 29.1 Å². The third-order valence-corrected chi connectivity index (χ3v) is 5.72. The Balaban J connectivity index is 3.08. The van der Waals surface area contributed by atoms with Gasteiger partial charge in [0.25, 0.3) is 0 Å². The predicted molar refractivity (Wildman–Crippen MR) is 138 cm³/mol. The zero-order chi connectivity index (χ0) is 28.8. The second-order valence-electron chi connectivity index (χ2n) is 8.82. The first kappa shape index (κ1) is 31.9. The highest BCUT2D eigenvalue weighted by Crippen LogP contribution is 2.20. The Morgan fingerprint density at radius 1 is 0.868 bits per heavy atom. The molecule has 1 aliphatic rings. The Morgan fingerprint density at radius 2 is 1.39 bits per heavy atom. The highest BCUT2D eigenvalue weighted by Gasteiger charge is 2.38. The van der Waals surface area contributed by atoms with E-state index in [0.29, 0.717) is 12.8 Å². The van der Waals surface area contributed by atoms with Crippen LogP contribution in [0, 0.1) is 0 Å². The summed E-state index contributed by atoms with van der Waals surface area (Å²) < 4.78 is 0.